The van der Waals surface area contributed by atoms with E-state index in [4.69, 9.17) is 22.4 Å². The summed E-state index contributed by atoms with van der Waals surface area (Å²) in [7, 11) is -5.47. The molecule has 2 fully saturated rings. The largest absolute Gasteiger partial charge is 0.443 e. The van der Waals surface area contributed by atoms with E-state index in [9.17, 15) is 9.90 Å². The summed E-state index contributed by atoms with van der Waals surface area (Å²) in [6.07, 6.45) is 2.71. The summed E-state index contributed by atoms with van der Waals surface area (Å²) in [6, 6.07) is 0. The third kappa shape index (κ3) is 6.87. The van der Waals surface area contributed by atoms with Crippen LogP contribution in [0.5, 0.6) is 0 Å². The van der Waals surface area contributed by atoms with Gasteiger partial charge in [0, 0.05) is 6.20 Å². The van der Waals surface area contributed by atoms with Gasteiger partial charge in [-0.3, -0.25) is 4.79 Å². The highest BCUT2D eigenvalue weighted by Crippen LogP contribution is 2.47. The number of ether oxygens (including phenoxy) is 2. The van der Waals surface area contributed by atoms with Crippen LogP contribution in [0.25, 0.3) is 0 Å². The number of esters is 1. The number of aromatic nitrogens is 2. The molecule has 0 saturated carbocycles. The first-order valence-corrected chi connectivity index (χ1v) is 18.5. The van der Waals surface area contributed by atoms with Crippen LogP contribution in [0.15, 0.2) is 12.5 Å². The molecular weight excluding hydrogens is 532 g/mol. The van der Waals surface area contributed by atoms with Gasteiger partial charge in [-0.2, -0.15) is 0 Å². The Bertz CT molecular complexity index is 944. The Balaban J connectivity index is 1.74. The normalized spacial score (nSPS) is 27.2. The quantitative estimate of drug-likeness (QED) is 0.302. The maximum absolute atomic E-state index is 12.1. The summed E-state index contributed by atoms with van der Waals surface area (Å²) in [4.78, 5) is 16.5. The van der Waals surface area contributed by atoms with Gasteiger partial charge in [0.1, 0.15) is 18.3 Å². The van der Waals surface area contributed by atoms with E-state index in [-0.39, 0.29) is 41.0 Å². The van der Waals surface area contributed by atoms with E-state index in [0.717, 1.165) is 5.69 Å². The van der Waals surface area contributed by atoms with Crippen LogP contribution in [0.4, 0.5) is 0 Å². The van der Waals surface area contributed by atoms with Crippen LogP contribution in [-0.2, 0) is 40.4 Å². The first kappa shape index (κ1) is 32.4. The molecule has 0 radical (unpaired) electrons. The molecule has 1 N–H and O–H groups in total. The molecular formula is C28H52N2O7Si2. The van der Waals surface area contributed by atoms with E-state index in [1.54, 1.807) is 10.9 Å². The summed E-state index contributed by atoms with van der Waals surface area (Å²) < 4.78 is 34.6. The van der Waals surface area contributed by atoms with Crippen LogP contribution < -0.4 is 0 Å². The monoisotopic (exact) mass is 584 g/mol. The van der Waals surface area contributed by atoms with Crippen LogP contribution in [0.2, 0.25) is 22.2 Å². The molecule has 4 atom stereocenters. The lowest BCUT2D eigenvalue weighted by Crippen LogP contribution is -2.65. The molecule has 11 heteroatoms. The fraction of sp³-hybridized carbons (Fsp3) is 0.857. The van der Waals surface area contributed by atoms with E-state index >= 15 is 0 Å². The average molecular weight is 585 g/mol. The van der Waals surface area contributed by atoms with E-state index in [1.807, 2.05) is 27.0 Å². The van der Waals surface area contributed by atoms with Gasteiger partial charge in [0.2, 0.25) is 0 Å². The maximum atomic E-state index is 12.1. The molecule has 1 aromatic heterocycles. The Kier molecular flexibility index (Phi) is 10.3. The summed E-state index contributed by atoms with van der Waals surface area (Å²) in [5.74, 6) is -0.259. The zero-order chi connectivity index (χ0) is 29.3. The van der Waals surface area contributed by atoms with Crippen molar-refractivity contribution >= 4 is 23.1 Å². The Morgan fingerprint density at radius 3 is 2.21 bits per heavy atom. The highest BCUT2D eigenvalue weighted by Gasteiger charge is 2.61. The maximum Gasteiger partial charge on any atom is 0.335 e. The van der Waals surface area contributed by atoms with Crippen LogP contribution in [0.3, 0.4) is 0 Å². The molecule has 224 valence electrons. The number of carbonyl (C=O) groups is 1. The summed E-state index contributed by atoms with van der Waals surface area (Å²) >= 11 is 0. The number of hydrogen-bond acceptors (Lipinski definition) is 8. The molecule has 2 saturated heterocycles. The number of aliphatic hydroxyl groups excluding tert-OH is 1. The number of hydrogen-bond donors (Lipinski definition) is 1. The third-order valence-electron chi connectivity index (χ3n) is 8.09. The zero-order valence-electron chi connectivity index (χ0n) is 25.9. The predicted molar refractivity (Wildman–Crippen MR) is 155 cm³/mol. The number of aliphatic hydroxyl groups is 1. The molecule has 0 unspecified atom stereocenters. The predicted octanol–water partition coefficient (Wildman–Crippen LogP) is 5.45. The van der Waals surface area contributed by atoms with Crippen molar-refractivity contribution in [2.45, 2.75) is 142 Å². The molecule has 0 amide bonds. The van der Waals surface area contributed by atoms with Crippen molar-refractivity contribution in [3.8, 4) is 0 Å². The van der Waals surface area contributed by atoms with Crippen molar-refractivity contribution in [2.24, 2.45) is 5.41 Å². The number of imidazole rings is 1. The number of nitrogens with zero attached hydrogens (tertiary/aromatic N) is 2. The topological polar surface area (TPSA) is 101 Å². The van der Waals surface area contributed by atoms with Crippen molar-refractivity contribution in [2.75, 3.05) is 6.61 Å². The summed E-state index contributed by atoms with van der Waals surface area (Å²) in [6.45, 7) is 23.5. The molecule has 0 spiro atoms. The summed E-state index contributed by atoms with van der Waals surface area (Å²) in [5, 5.41) is 11.4. The van der Waals surface area contributed by atoms with Crippen molar-refractivity contribution < 1.29 is 32.3 Å². The first-order valence-electron chi connectivity index (χ1n) is 14.6. The first-order chi connectivity index (χ1) is 18.0. The minimum Gasteiger partial charge on any atom is -0.443 e. The Morgan fingerprint density at radius 1 is 1.08 bits per heavy atom. The molecule has 39 heavy (non-hydrogen) atoms. The summed E-state index contributed by atoms with van der Waals surface area (Å²) in [5.41, 5.74) is 1.17. The van der Waals surface area contributed by atoms with Gasteiger partial charge in [0.15, 0.2) is 6.73 Å². The number of rotatable bonds is 9. The molecule has 2 aliphatic rings. The minimum absolute atomic E-state index is 0.120. The average Bonchev–Trinajstić information content (AvgIpc) is 3.38. The molecule has 3 rings (SSSR count). The van der Waals surface area contributed by atoms with Gasteiger partial charge < -0.3 is 32.1 Å². The van der Waals surface area contributed by atoms with E-state index in [2.05, 4.69) is 60.4 Å². The number of aryl methyl sites for hydroxylation is 1. The Morgan fingerprint density at radius 2 is 1.67 bits per heavy atom. The highest BCUT2D eigenvalue weighted by atomic mass is 28.5. The molecule has 9 nitrogen and oxygen atoms in total. The smallest absolute Gasteiger partial charge is 0.335 e. The van der Waals surface area contributed by atoms with Gasteiger partial charge in [-0.15, -0.1) is 0 Å². The second kappa shape index (κ2) is 12.4. The second-order valence-electron chi connectivity index (χ2n) is 13.5. The van der Waals surface area contributed by atoms with Crippen LogP contribution in [0.1, 0.15) is 88.3 Å². The van der Waals surface area contributed by atoms with E-state index < -0.39 is 40.8 Å². The van der Waals surface area contributed by atoms with Gasteiger partial charge in [0.25, 0.3) is 0 Å². The molecule has 0 bridgehead atoms. The SMILES string of the molecule is CC(C)[Si]1(C(C)C)OC[C@H]2O[C@@H](CCc3cn(COC(=O)C(C)(C)C)cn3)[C@H](O)[C@@H]2O[Si](C(C)C)(C(C)C)O1. The van der Waals surface area contributed by atoms with E-state index in [1.165, 1.54) is 0 Å². The lowest BCUT2D eigenvalue weighted by molar-refractivity contribution is -0.156. The Labute approximate surface area is 237 Å². The lowest BCUT2D eigenvalue weighted by atomic mass is 9.98. The van der Waals surface area contributed by atoms with E-state index in [0.29, 0.717) is 19.4 Å². The standard InChI is InChI=1S/C28H52N2O7Si2/c1-18(2)38(19(3)4)34-15-24-26(36-39(37-38,20(5)6)21(7)8)25(31)23(35-24)13-12-22-14-30(16-29-22)17-33-27(32)28(9,10)11/h14,16,18-21,23-26,31H,12-13,15,17H2,1-11H3/t23-,24+,25-,26+/m0/s1. The highest BCUT2D eigenvalue weighted by molar-refractivity contribution is 6.84. The zero-order valence-corrected chi connectivity index (χ0v) is 27.9. The van der Waals surface area contributed by atoms with Gasteiger partial charge in [-0.05, 0) is 55.8 Å². The van der Waals surface area contributed by atoms with Crippen LogP contribution in [0, 0.1) is 5.41 Å². The van der Waals surface area contributed by atoms with Gasteiger partial charge in [-0.25, -0.2) is 4.98 Å². The van der Waals surface area contributed by atoms with Crippen molar-refractivity contribution in [1.29, 1.82) is 0 Å². The van der Waals surface area contributed by atoms with Gasteiger partial charge >= 0.3 is 23.1 Å². The molecule has 1 aromatic rings. The van der Waals surface area contributed by atoms with Gasteiger partial charge in [0.05, 0.1) is 30.1 Å². The van der Waals surface area contributed by atoms with Crippen molar-refractivity contribution in [1.82, 2.24) is 9.55 Å². The third-order valence-corrected chi connectivity index (χ3v) is 18.3. The van der Waals surface area contributed by atoms with Crippen molar-refractivity contribution in [3.05, 3.63) is 18.2 Å². The molecule has 0 aliphatic carbocycles. The lowest BCUT2D eigenvalue weighted by Gasteiger charge is -2.51. The Hall–Kier alpha value is -1.09. The number of fused-ring (bicyclic) bond motifs is 1. The fourth-order valence-corrected chi connectivity index (χ4v) is 16.9. The van der Waals surface area contributed by atoms with Crippen LogP contribution >= 0.6 is 0 Å². The van der Waals surface area contributed by atoms with Gasteiger partial charge in [-0.1, -0.05) is 55.4 Å². The van der Waals surface area contributed by atoms with Crippen LogP contribution in [-0.4, -0.2) is 68.8 Å². The molecule has 3 heterocycles. The fourth-order valence-electron chi connectivity index (χ4n) is 5.72. The minimum atomic E-state index is -2.81. The second-order valence-corrected chi connectivity index (χ2v) is 22.3. The molecule has 2 aliphatic heterocycles. The number of carbonyl (C=O) groups excluding carboxylic acids is 1. The molecule has 0 aromatic carbocycles. The van der Waals surface area contributed by atoms with Crippen molar-refractivity contribution in [3.63, 3.8) is 0 Å².